The van der Waals surface area contributed by atoms with E-state index in [4.69, 9.17) is 17.3 Å². The van der Waals surface area contributed by atoms with Crippen LogP contribution in [0.3, 0.4) is 0 Å². The number of likely N-dealkylation sites (N-methyl/N-ethyl adjacent to an activating group) is 1. The first kappa shape index (κ1) is 31.3. The molecule has 0 aromatic heterocycles. The highest BCUT2D eigenvalue weighted by atomic mass is 35.5. The number of nitrogens with one attached hydrogen (secondary N) is 2. The van der Waals surface area contributed by atoms with Gasteiger partial charge in [-0.2, -0.15) is 0 Å². The van der Waals surface area contributed by atoms with Gasteiger partial charge in [-0.3, -0.25) is 28.9 Å². The normalized spacial score (nSPS) is 27.8. The molecule has 5 rings (SSSR count). The molecule has 3 aliphatic carbocycles. The molecule has 3 unspecified atom stereocenters. The maximum Gasteiger partial charge on any atom is 0.319 e. The molecule has 0 bridgehead atoms. The molecule has 2 aromatic carbocycles. The zero-order chi connectivity index (χ0) is 32.1. The zero-order valence-corrected chi connectivity index (χ0v) is 24.9. The van der Waals surface area contributed by atoms with Crippen LogP contribution in [0.4, 0.5) is 10.5 Å². The van der Waals surface area contributed by atoms with Gasteiger partial charge in [0.1, 0.15) is 5.75 Å². The van der Waals surface area contributed by atoms with Gasteiger partial charge >= 0.3 is 6.03 Å². The number of hydrogen-bond acceptors (Lipinski definition) is 9. The number of fused-ring (bicyclic) bond motifs is 3. The number of alkyl halides is 1. The Hall–Kier alpha value is -4.13. The maximum absolute atomic E-state index is 14.0. The number of aliphatic hydroxyl groups is 1. The van der Waals surface area contributed by atoms with Gasteiger partial charge in [-0.25, -0.2) is 4.79 Å². The van der Waals surface area contributed by atoms with E-state index < -0.39 is 64.4 Å². The third kappa shape index (κ3) is 4.96. The van der Waals surface area contributed by atoms with E-state index >= 15 is 0 Å². The van der Waals surface area contributed by atoms with Gasteiger partial charge in [-0.1, -0.05) is 18.2 Å². The molecule has 13 heteroatoms. The number of primary amides is 1. The monoisotopic (exact) mass is 624 g/mol. The van der Waals surface area contributed by atoms with E-state index in [9.17, 15) is 39.0 Å². The molecule has 3 aliphatic rings. The molecular formula is C31H33ClN4O8. The lowest BCUT2D eigenvalue weighted by Crippen LogP contribution is -2.74. The number of ketones is 4. The van der Waals surface area contributed by atoms with Crippen LogP contribution in [-0.2, 0) is 25.6 Å². The molecule has 0 radical (unpaired) electrons. The predicted molar refractivity (Wildman–Crippen MR) is 159 cm³/mol. The molecule has 2 saturated carbocycles. The van der Waals surface area contributed by atoms with Crippen LogP contribution in [0.5, 0.6) is 5.75 Å². The molecule has 2 fully saturated rings. The number of nitrogens with two attached hydrogens (primary N) is 1. The number of phenolic OH excluding ortho intramolecular Hbond substituents is 1. The van der Waals surface area contributed by atoms with Crippen LogP contribution in [0.15, 0.2) is 36.4 Å². The first-order valence-corrected chi connectivity index (χ1v) is 14.8. The first-order chi connectivity index (χ1) is 20.8. The SMILES string of the molecule is CN(C)C1C(=O)C(C(N)=O)C(=O)[C@@]2(O)C(=O)C3C(=O)c4c(O)ccc(-c5ccc(NC(=O)NCCCCl)cc5)c4C[C@H]3C[C@@H]12. The van der Waals surface area contributed by atoms with Crippen LogP contribution in [0, 0.1) is 23.7 Å². The molecule has 0 spiro atoms. The number of hydrogen-bond donors (Lipinski definition) is 5. The summed E-state index contributed by atoms with van der Waals surface area (Å²) in [5, 5.41) is 27.9. The predicted octanol–water partition coefficient (Wildman–Crippen LogP) is 1.28. The highest BCUT2D eigenvalue weighted by Gasteiger charge is 2.69. The van der Waals surface area contributed by atoms with E-state index in [0.29, 0.717) is 41.2 Å². The number of benzene rings is 2. The zero-order valence-electron chi connectivity index (χ0n) is 24.1. The van der Waals surface area contributed by atoms with E-state index in [-0.39, 0.29) is 30.2 Å². The smallest absolute Gasteiger partial charge is 0.319 e. The fourth-order valence-corrected chi connectivity index (χ4v) is 7.19. The van der Waals surface area contributed by atoms with Gasteiger partial charge in [0, 0.05) is 24.0 Å². The van der Waals surface area contributed by atoms with Crippen molar-refractivity contribution in [1.82, 2.24) is 10.2 Å². The third-order valence-electron chi connectivity index (χ3n) is 8.99. The summed E-state index contributed by atoms with van der Waals surface area (Å²) in [4.78, 5) is 80.2. The van der Waals surface area contributed by atoms with Crippen LogP contribution in [0.25, 0.3) is 11.1 Å². The highest BCUT2D eigenvalue weighted by Crippen LogP contribution is 2.51. The fourth-order valence-electron chi connectivity index (χ4n) is 7.05. The fraction of sp³-hybridized carbons (Fsp3) is 0.419. The van der Waals surface area contributed by atoms with Gasteiger partial charge < -0.3 is 26.6 Å². The summed E-state index contributed by atoms with van der Waals surface area (Å²) in [6.45, 7) is 0.424. The van der Waals surface area contributed by atoms with Crippen LogP contribution in [0.1, 0.15) is 28.8 Å². The van der Waals surface area contributed by atoms with Crippen molar-refractivity contribution in [3.05, 3.63) is 47.5 Å². The summed E-state index contributed by atoms with van der Waals surface area (Å²) in [6, 6.07) is 8.28. The summed E-state index contributed by atoms with van der Waals surface area (Å²) in [6.07, 6.45) is 0.724. The molecule has 0 aliphatic heterocycles. The molecule has 0 saturated heterocycles. The van der Waals surface area contributed by atoms with Gasteiger partial charge in [0.05, 0.1) is 17.5 Å². The molecule has 6 atom stereocenters. The Kier molecular flexibility index (Phi) is 8.36. The third-order valence-corrected chi connectivity index (χ3v) is 9.26. The number of phenols is 1. The highest BCUT2D eigenvalue weighted by molar-refractivity contribution is 6.32. The van der Waals surface area contributed by atoms with Crippen molar-refractivity contribution < 1.29 is 39.0 Å². The minimum absolute atomic E-state index is 0.0410. The largest absolute Gasteiger partial charge is 0.507 e. The van der Waals surface area contributed by atoms with E-state index in [1.54, 1.807) is 30.3 Å². The second-order valence-electron chi connectivity index (χ2n) is 11.8. The average molecular weight is 625 g/mol. The second kappa shape index (κ2) is 11.8. The van der Waals surface area contributed by atoms with Gasteiger partial charge in [-0.15, -0.1) is 11.6 Å². The number of Topliss-reactive ketones (excluding diaryl/α,β-unsaturated/α-hetero) is 4. The van der Waals surface area contributed by atoms with Crippen molar-refractivity contribution in [2.75, 3.05) is 31.8 Å². The van der Waals surface area contributed by atoms with E-state index in [1.807, 2.05) is 0 Å². The molecular weight excluding hydrogens is 592 g/mol. The van der Waals surface area contributed by atoms with Crippen molar-refractivity contribution in [2.45, 2.75) is 30.9 Å². The number of nitrogens with zero attached hydrogens (tertiary/aromatic N) is 1. The molecule has 6 N–H and O–H groups in total. The molecule has 12 nitrogen and oxygen atoms in total. The van der Waals surface area contributed by atoms with Crippen LogP contribution in [-0.4, -0.2) is 88.3 Å². The summed E-state index contributed by atoms with van der Waals surface area (Å²) in [7, 11) is 3.07. The summed E-state index contributed by atoms with van der Waals surface area (Å²) < 4.78 is 0. The molecule has 2 aromatic rings. The summed E-state index contributed by atoms with van der Waals surface area (Å²) in [5.41, 5.74) is 4.80. The van der Waals surface area contributed by atoms with E-state index in [0.717, 1.165) is 0 Å². The summed E-state index contributed by atoms with van der Waals surface area (Å²) in [5.74, 6) is -10.5. The quantitative estimate of drug-likeness (QED) is 0.171. The Morgan fingerprint density at radius 2 is 1.75 bits per heavy atom. The number of aromatic hydroxyl groups is 1. The molecule has 44 heavy (non-hydrogen) atoms. The lowest BCUT2D eigenvalue weighted by atomic mass is 9.52. The maximum atomic E-state index is 14.0. The lowest BCUT2D eigenvalue weighted by Gasteiger charge is -2.52. The summed E-state index contributed by atoms with van der Waals surface area (Å²) >= 11 is 5.64. The van der Waals surface area contributed by atoms with Crippen LogP contribution >= 0.6 is 11.6 Å². The van der Waals surface area contributed by atoms with Crippen LogP contribution in [0.2, 0.25) is 0 Å². The van der Waals surface area contributed by atoms with E-state index in [2.05, 4.69) is 10.6 Å². The van der Waals surface area contributed by atoms with Crippen molar-refractivity contribution in [1.29, 1.82) is 0 Å². The Morgan fingerprint density at radius 1 is 1.07 bits per heavy atom. The minimum Gasteiger partial charge on any atom is -0.507 e. The number of carbonyl (C=O) groups excluding carboxylic acids is 6. The molecule has 232 valence electrons. The van der Waals surface area contributed by atoms with Gasteiger partial charge in [0.25, 0.3) is 0 Å². The minimum atomic E-state index is -2.77. The van der Waals surface area contributed by atoms with Crippen LogP contribution < -0.4 is 16.4 Å². The number of carbonyl (C=O) groups is 6. The first-order valence-electron chi connectivity index (χ1n) is 14.2. The number of urea groups is 1. The second-order valence-corrected chi connectivity index (χ2v) is 12.2. The molecule has 3 amide bonds. The standard InChI is InChI=1S/C31H33ClN4O8/c1-36(2)24-19-13-15-12-18-17(14-4-6-16(7-5-14)35-30(43)34-11-3-10-32)8-9-20(37)22(18)25(38)21(15)27(40)31(19,44)28(41)23(26(24)39)29(33)42/h4-9,15,19,21,23-24,37,44H,3,10-13H2,1-2H3,(H2,33,42)(H2,34,35,43)/t15-,19-,21?,23?,24?,31-/m0/s1. The van der Waals surface area contributed by atoms with Gasteiger partial charge in [0.2, 0.25) is 5.91 Å². The van der Waals surface area contributed by atoms with Crippen molar-refractivity contribution in [3.8, 4) is 16.9 Å². The number of anilines is 1. The van der Waals surface area contributed by atoms with Crippen molar-refractivity contribution in [3.63, 3.8) is 0 Å². The Morgan fingerprint density at radius 3 is 2.36 bits per heavy atom. The lowest BCUT2D eigenvalue weighted by molar-refractivity contribution is -0.181. The molecule has 0 heterocycles. The number of amides is 3. The Balaban J connectivity index is 1.51. The van der Waals surface area contributed by atoms with Gasteiger partial charge in [0.15, 0.2) is 34.7 Å². The van der Waals surface area contributed by atoms with E-state index in [1.165, 1.54) is 25.1 Å². The number of halogens is 1. The topological polar surface area (TPSA) is 196 Å². The Labute approximate surface area is 257 Å². The van der Waals surface area contributed by atoms with Crippen molar-refractivity contribution in [2.24, 2.45) is 29.4 Å². The van der Waals surface area contributed by atoms with Gasteiger partial charge in [-0.05, 0) is 74.2 Å². The Bertz CT molecular complexity index is 1570. The average Bonchev–Trinajstić information content (AvgIpc) is 2.95. The van der Waals surface area contributed by atoms with Crippen molar-refractivity contribution >= 4 is 52.4 Å². The number of rotatable bonds is 7.